The Morgan fingerprint density at radius 2 is 2.05 bits per heavy atom. The van der Waals surface area contributed by atoms with E-state index in [0.717, 1.165) is 18.5 Å². The molecule has 1 aliphatic carbocycles. The second-order valence-corrected chi connectivity index (χ2v) is 5.43. The molecular weight excluding hydrogens is 258 g/mol. The third-order valence-electron chi connectivity index (χ3n) is 3.89. The molecular formula is C14H19N3O3. The molecule has 6 nitrogen and oxygen atoms in total. The topological polar surface area (TPSA) is 64.4 Å². The zero-order valence-corrected chi connectivity index (χ0v) is 11.6. The van der Waals surface area contributed by atoms with Crippen LogP contribution in [0.5, 0.6) is 0 Å². The first-order valence-electron chi connectivity index (χ1n) is 7.13. The molecule has 0 spiro atoms. The fourth-order valence-corrected chi connectivity index (χ4v) is 2.47. The zero-order chi connectivity index (χ0) is 14.1. The average Bonchev–Trinajstić information content (AvgIpc) is 3.32. The summed E-state index contributed by atoms with van der Waals surface area (Å²) in [5.74, 6) is 0.406. The molecule has 3 rings (SSSR count). The molecule has 1 amide bonds. The van der Waals surface area contributed by atoms with Crippen molar-refractivity contribution in [3.63, 3.8) is 0 Å². The number of ether oxygens (including phenoxy) is 1. The van der Waals surface area contributed by atoms with Gasteiger partial charge in [-0.25, -0.2) is 4.68 Å². The number of carbonyl (C=O) groups excluding carboxylic acids is 1. The van der Waals surface area contributed by atoms with Crippen LogP contribution in [-0.4, -0.2) is 46.9 Å². The number of rotatable bonds is 3. The maximum absolute atomic E-state index is 12.4. The van der Waals surface area contributed by atoms with Crippen molar-refractivity contribution in [2.24, 2.45) is 0 Å². The normalized spacial score (nSPS) is 20.8. The van der Waals surface area contributed by atoms with Crippen LogP contribution in [0.1, 0.15) is 37.4 Å². The van der Waals surface area contributed by atoms with E-state index in [0.29, 0.717) is 32.2 Å². The number of morpholine rings is 1. The van der Waals surface area contributed by atoms with Gasteiger partial charge in [0.2, 0.25) is 5.91 Å². The number of hydrogen-bond acceptors (Lipinski definition) is 4. The lowest BCUT2D eigenvalue weighted by molar-refractivity contribution is -0.138. The molecule has 20 heavy (non-hydrogen) atoms. The van der Waals surface area contributed by atoms with Gasteiger partial charge in [0.1, 0.15) is 6.04 Å². The quantitative estimate of drug-likeness (QED) is 0.809. The van der Waals surface area contributed by atoms with E-state index in [4.69, 9.17) is 4.74 Å². The molecule has 0 radical (unpaired) electrons. The van der Waals surface area contributed by atoms with Gasteiger partial charge in [0.05, 0.1) is 18.9 Å². The summed E-state index contributed by atoms with van der Waals surface area (Å²) in [4.78, 5) is 26.1. The van der Waals surface area contributed by atoms with E-state index in [1.54, 1.807) is 17.9 Å². The van der Waals surface area contributed by atoms with Crippen LogP contribution in [0, 0.1) is 0 Å². The largest absolute Gasteiger partial charge is 0.378 e. The summed E-state index contributed by atoms with van der Waals surface area (Å²) in [6.07, 6.45) is 2.24. The van der Waals surface area contributed by atoms with Gasteiger partial charge in [-0.05, 0) is 25.8 Å². The standard InChI is InChI=1S/C14H19N3O3/c1-10(14(19)16-6-8-20-9-7-16)17-13(18)5-4-12(15-17)11-2-3-11/h4-5,10-11H,2-3,6-9H2,1H3/t10-/m1/s1. The summed E-state index contributed by atoms with van der Waals surface area (Å²) in [5, 5.41) is 4.38. The van der Waals surface area contributed by atoms with E-state index >= 15 is 0 Å². The Kier molecular flexibility index (Phi) is 3.56. The zero-order valence-electron chi connectivity index (χ0n) is 11.6. The Morgan fingerprint density at radius 3 is 2.70 bits per heavy atom. The van der Waals surface area contributed by atoms with Crippen LogP contribution in [0.3, 0.4) is 0 Å². The maximum atomic E-state index is 12.4. The van der Waals surface area contributed by atoms with Gasteiger partial charge in [-0.1, -0.05) is 0 Å². The van der Waals surface area contributed by atoms with Gasteiger partial charge in [0.25, 0.3) is 5.56 Å². The van der Waals surface area contributed by atoms with E-state index in [1.165, 1.54) is 10.7 Å². The van der Waals surface area contributed by atoms with E-state index < -0.39 is 6.04 Å². The highest BCUT2D eigenvalue weighted by atomic mass is 16.5. The van der Waals surface area contributed by atoms with Crippen molar-refractivity contribution >= 4 is 5.91 Å². The van der Waals surface area contributed by atoms with Crippen molar-refractivity contribution in [3.05, 3.63) is 28.2 Å². The van der Waals surface area contributed by atoms with E-state index in [1.807, 2.05) is 0 Å². The Balaban J connectivity index is 1.81. The number of hydrogen-bond donors (Lipinski definition) is 0. The summed E-state index contributed by atoms with van der Waals surface area (Å²) in [5.41, 5.74) is 0.703. The van der Waals surface area contributed by atoms with Crippen LogP contribution in [0.2, 0.25) is 0 Å². The number of amides is 1. The lowest BCUT2D eigenvalue weighted by Crippen LogP contribution is -2.45. The highest BCUT2D eigenvalue weighted by molar-refractivity contribution is 5.80. The van der Waals surface area contributed by atoms with Crippen molar-refractivity contribution in [1.82, 2.24) is 14.7 Å². The summed E-state index contributed by atoms with van der Waals surface area (Å²) in [7, 11) is 0. The van der Waals surface area contributed by atoms with Crippen molar-refractivity contribution < 1.29 is 9.53 Å². The first-order valence-corrected chi connectivity index (χ1v) is 7.13. The molecule has 2 heterocycles. The highest BCUT2D eigenvalue weighted by Gasteiger charge is 2.28. The Hall–Kier alpha value is -1.69. The summed E-state index contributed by atoms with van der Waals surface area (Å²) >= 11 is 0. The Bertz CT molecular complexity index is 559. The average molecular weight is 277 g/mol. The summed E-state index contributed by atoms with van der Waals surface area (Å²) < 4.78 is 6.56. The minimum absolute atomic E-state index is 0.0594. The molecule has 0 unspecified atom stereocenters. The molecule has 108 valence electrons. The van der Waals surface area contributed by atoms with E-state index in [2.05, 4.69) is 5.10 Å². The number of carbonyl (C=O) groups is 1. The maximum Gasteiger partial charge on any atom is 0.267 e. The highest BCUT2D eigenvalue weighted by Crippen LogP contribution is 2.38. The van der Waals surface area contributed by atoms with Gasteiger partial charge in [-0.15, -0.1) is 0 Å². The fraction of sp³-hybridized carbons (Fsp3) is 0.643. The van der Waals surface area contributed by atoms with Gasteiger partial charge >= 0.3 is 0 Å². The lowest BCUT2D eigenvalue weighted by atomic mass is 10.2. The Labute approximate surface area is 117 Å². The SMILES string of the molecule is C[C@H](C(=O)N1CCOCC1)n1nc(C2CC2)ccc1=O. The van der Waals surface area contributed by atoms with Crippen LogP contribution in [0.4, 0.5) is 0 Å². The van der Waals surface area contributed by atoms with Crippen LogP contribution in [-0.2, 0) is 9.53 Å². The monoisotopic (exact) mass is 277 g/mol. The van der Waals surface area contributed by atoms with Crippen LogP contribution in [0.15, 0.2) is 16.9 Å². The molecule has 2 fully saturated rings. The first kappa shape index (κ1) is 13.3. The molecule has 1 aromatic rings. The lowest BCUT2D eigenvalue weighted by Gasteiger charge is -2.29. The van der Waals surface area contributed by atoms with Crippen molar-refractivity contribution in [3.8, 4) is 0 Å². The van der Waals surface area contributed by atoms with Crippen molar-refractivity contribution in [2.75, 3.05) is 26.3 Å². The van der Waals surface area contributed by atoms with Gasteiger partial charge < -0.3 is 9.64 Å². The molecule has 1 atom stereocenters. The molecule has 0 N–H and O–H groups in total. The van der Waals surface area contributed by atoms with E-state index in [9.17, 15) is 9.59 Å². The number of nitrogens with zero attached hydrogens (tertiary/aromatic N) is 3. The van der Waals surface area contributed by atoms with Gasteiger partial charge in [-0.3, -0.25) is 9.59 Å². The first-order chi connectivity index (χ1) is 9.66. The molecule has 1 aromatic heterocycles. The second-order valence-electron chi connectivity index (χ2n) is 5.43. The van der Waals surface area contributed by atoms with Crippen LogP contribution >= 0.6 is 0 Å². The molecule has 1 saturated heterocycles. The number of aromatic nitrogens is 2. The molecule has 2 aliphatic rings. The van der Waals surface area contributed by atoms with Gasteiger partial charge in [-0.2, -0.15) is 5.10 Å². The predicted molar refractivity (Wildman–Crippen MR) is 72.6 cm³/mol. The van der Waals surface area contributed by atoms with Gasteiger partial charge in [0.15, 0.2) is 0 Å². The smallest absolute Gasteiger partial charge is 0.267 e. The van der Waals surface area contributed by atoms with Crippen molar-refractivity contribution in [1.29, 1.82) is 0 Å². The summed E-state index contributed by atoms with van der Waals surface area (Å²) in [6.45, 7) is 4.02. The molecule has 6 heteroatoms. The van der Waals surface area contributed by atoms with E-state index in [-0.39, 0.29) is 11.5 Å². The Morgan fingerprint density at radius 1 is 1.35 bits per heavy atom. The third kappa shape index (κ3) is 2.60. The molecule has 1 saturated carbocycles. The van der Waals surface area contributed by atoms with Crippen molar-refractivity contribution in [2.45, 2.75) is 31.7 Å². The molecule has 0 bridgehead atoms. The third-order valence-corrected chi connectivity index (χ3v) is 3.89. The second kappa shape index (κ2) is 5.36. The predicted octanol–water partition coefficient (Wildman–Crippen LogP) is 0.540. The van der Waals surface area contributed by atoms with Crippen LogP contribution < -0.4 is 5.56 Å². The minimum Gasteiger partial charge on any atom is -0.378 e. The van der Waals surface area contributed by atoms with Crippen LogP contribution in [0.25, 0.3) is 0 Å². The molecule has 1 aliphatic heterocycles. The molecule has 0 aromatic carbocycles. The minimum atomic E-state index is -0.556. The fourth-order valence-electron chi connectivity index (χ4n) is 2.47. The van der Waals surface area contributed by atoms with Gasteiger partial charge in [0, 0.05) is 25.1 Å². The summed E-state index contributed by atoms with van der Waals surface area (Å²) in [6, 6.07) is 2.74.